The zero-order valence-electron chi connectivity index (χ0n) is 17.9. The number of carbonyl (C=O) groups excluding carboxylic acids is 2. The number of benzene rings is 1. The third-order valence-electron chi connectivity index (χ3n) is 5.03. The van der Waals surface area contributed by atoms with Crippen molar-refractivity contribution >= 4 is 46.1 Å². The standard InChI is InChI=1S/C21H21N7O3S2/c1-3-10-27-20(31)14-8-5-4-7-13(14)16(26-27)19(30)24-23-18(29)12(2)28-17(22-25-21(28)32)15-9-6-11-33-15/h4-9,11-12H,3,10H2,1-2H3,(H,23,29)(H,24,30)(H,25,32). The van der Waals surface area contributed by atoms with Crippen molar-refractivity contribution in [3.63, 3.8) is 0 Å². The number of amides is 2. The first-order chi connectivity index (χ1) is 15.9. The van der Waals surface area contributed by atoms with Crippen LogP contribution in [-0.4, -0.2) is 36.4 Å². The number of hydrogen-bond acceptors (Lipinski definition) is 7. The molecule has 0 aliphatic rings. The molecule has 4 rings (SSSR count). The van der Waals surface area contributed by atoms with E-state index in [0.29, 0.717) is 29.6 Å². The molecule has 10 nitrogen and oxygen atoms in total. The van der Waals surface area contributed by atoms with Gasteiger partial charge in [0.15, 0.2) is 16.3 Å². The van der Waals surface area contributed by atoms with E-state index in [1.165, 1.54) is 16.0 Å². The van der Waals surface area contributed by atoms with Gasteiger partial charge in [-0.25, -0.2) is 4.68 Å². The Bertz CT molecular complexity index is 1440. The van der Waals surface area contributed by atoms with Crippen molar-refractivity contribution in [2.24, 2.45) is 0 Å². The molecule has 4 aromatic rings. The number of nitrogens with zero attached hydrogens (tertiary/aromatic N) is 4. The molecular weight excluding hydrogens is 462 g/mol. The number of carbonyl (C=O) groups is 2. The Morgan fingerprint density at radius 2 is 1.94 bits per heavy atom. The van der Waals surface area contributed by atoms with E-state index >= 15 is 0 Å². The van der Waals surface area contributed by atoms with Gasteiger partial charge in [-0.3, -0.25) is 34.9 Å². The van der Waals surface area contributed by atoms with Gasteiger partial charge < -0.3 is 0 Å². The molecule has 3 aromatic heterocycles. The summed E-state index contributed by atoms with van der Waals surface area (Å²) in [6.07, 6.45) is 0.679. The normalized spacial score (nSPS) is 11.9. The van der Waals surface area contributed by atoms with Crippen molar-refractivity contribution in [2.75, 3.05) is 0 Å². The molecule has 3 N–H and O–H groups in total. The molecule has 12 heteroatoms. The van der Waals surface area contributed by atoms with Gasteiger partial charge in [-0.15, -0.1) is 11.3 Å². The number of hydrogen-bond donors (Lipinski definition) is 3. The number of aromatic amines is 1. The first kappa shape index (κ1) is 22.6. The summed E-state index contributed by atoms with van der Waals surface area (Å²) in [4.78, 5) is 39.2. The maximum atomic E-state index is 12.9. The molecule has 1 atom stereocenters. The second kappa shape index (κ2) is 9.46. The van der Waals surface area contributed by atoms with E-state index in [4.69, 9.17) is 12.2 Å². The lowest BCUT2D eigenvalue weighted by Crippen LogP contribution is -2.45. The topological polar surface area (TPSA) is 127 Å². The fraction of sp³-hybridized carbons (Fsp3) is 0.238. The minimum absolute atomic E-state index is 0.0470. The lowest BCUT2D eigenvalue weighted by molar-refractivity contribution is -0.124. The molecule has 0 spiro atoms. The van der Waals surface area contributed by atoms with Crippen LogP contribution in [0.4, 0.5) is 0 Å². The number of H-pyrrole nitrogens is 1. The molecule has 33 heavy (non-hydrogen) atoms. The van der Waals surface area contributed by atoms with E-state index in [1.54, 1.807) is 35.8 Å². The molecular formula is C21H21N7O3S2. The van der Waals surface area contributed by atoms with Crippen molar-refractivity contribution in [2.45, 2.75) is 32.9 Å². The Balaban J connectivity index is 1.57. The maximum Gasteiger partial charge on any atom is 0.290 e. The van der Waals surface area contributed by atoms with Crippen LogP contribution in [-0.2, 0) is 11.3 Å². The van der Waals surface area contributed by atoms with Gasteiger partial charge in [-0.2, -0.15) is 10.2 Å². The Kier molecular flexibility index (Phi) is 6.47. The van der Waals surface area contributed by atoms with Gasteiger partial charge in [0.1, 0.15) is 6.04 Å². The van der Waals surface area contributed by atoms with E-state index in [0.717, 1.165) is 4.88 Å². The molecule has 2 amide bonds. The molecule has 0 bridgehead atoms. The predicted molar refractivity (Wildman–Crippen MR) is 127 cm³/mol. The first-order valence-corrected chi connectivity index (χ1v) is 11.5. The first-order valence-electron chi connectivity index (χ1n) is 10.2. The summed E-state index contributed by atoms with van der Waals surface area (Å²) < 4.78 is 3.13. The molecule has 170 valence electrons. The summed E-state index contributed by atoms with van der Waals surface area (Å²) in [6, 6.07) is 9.74. The molecule has 0 saturated heterocycles. The fourth-order valence-electron chi connectivity index (χ4n) is 3.41. The van der Waals surface area contributed by atoms with Crippen molar-refractivity contribution < 1.29 is 9.59 Å². The number of thiophene rings is 1. The van der Waals surface area contributed by atoms with Gasteiger partial charge in [0.25, 0.3) is 17.4 Å². The summed E-state index contributed by atoms with van der Waals surface area (Å²) in [5, 5.41) is 13.9. The van der Waals surface area contributed by atoms with Crippen LogP contribution < -0.4 is 16.4 Å². The number of hydrazine groups is 1. The van der Waals surface area contributed by atoms with Crippen LogP contribution in [0.2, 0.25) is 0 Å². The van der Waals surface area contributed by atoms with Crippen molar-refractivity contribution in [1.82, 2.24) is 35.4 Å². The average Bonchev–Trinajstić information content (AvgIpc) is 3.48. The highest BCUT2D eigenvalue weighted by Gasteiger charge is 2.23. The third kappa shape index (κ3) is 4.34. The fourth-order valence-corrected chi connectivity index (χ4v) is 4.41. The van der Waals surface area contributed by atoms with Gasteiger partial charge in [-0.05, 0) is 43.1 Å². The largest absolute Gasteiger partial charge is 0.290 e. The van der Waals surface area contributed by atoms with Crippen LogP contribution in [0.25, 0.3) is 21.5 Å². The lowest BCUT2D eigenvalue weighted by atomic mass is 10.1. The number of fused-ring (bicyclic) bond motifs is 1. The average molecular weight is 484 g/mol. The van der Waals surface area contributed by atoms with E-state index in [9.17, 15) is 14.4 Å². The maximum absolute atomic E-state index is 12.9. The Labute approximate surface area is 197 Å². The van der Waals surface area contributed by atoms with Crippen molar-refractivity contribution in [3.8, 4) is 10.7 Å². The number of nitrogens with one attached hydrogen (secondary N) is 3. The molecule has 0 aliphatic heterocycles. The quantitative estimate of drug-likeness (QED) is 0.286. The van der Waals surface area contributed by atoms with Crippen LogP contribution in [0.5, 0.6) is 0 Å². The predicted octanol–water partition coefficient (Wildman–Crippen LogP) is 2.81. The zero-order valence-corrected chi connectivity index (χ0v) is 19.5. The molecule has 0 aliphatic carbocycles. The second-order valence-corrected chi connectivity index (χ2v) is 8.58. The van der Waals surface area contributed by atoms with Crippen LogP contribution in [0.1, 0.15) is 36.8 Å². The summed E-state index contributed by atoms with van der Waals surface area (Å²) in [7, 11) is 0. The van der Waals surface area contributed by atoms with E-state index < -0.39 is 17.9 Å². The molecule has 1 unspecified atom stereocenters. The Morgan fingerprint density at radius 3 is 2.64 bits per heavy atom. The van der Waals surface area contributed by atoms with Crippen LogP contribution in [0.3, 0.4) is 0 Å². The van der Waals surface area contributed by atoms with E-state index in [-0.39, 0.29) is 16.0 Å². The monoisotopic (exact) mass is 483 g/mol. The molecule has 0 saturated carbocycles. The van der Waals surface area contributed by atoms with Gasteiger partial charge in [0.05, 0.1) is 10.3 Å². The summed E-state index contributed by atoms with van der Waals surface area (Å²) in [5.74, 6) is -0.598. The van der Waals surface area contributed by atoms with Gasteiger partial charge in [0.2, 0.25) is 0 Å². The number of rotatable bonds is 6. The van der Waals surface area contributed by atoms with Crippen LogP contribution in [0.15, 0.2) is 46.6 Å². The van der Waals surface area contributed by atoms with E-state index in [1.807, 2.05) is 24.4 Å². The highest BCUT2D eigenvalue weighted by atomic mass is 32.1. The summed E-state index contributed by atoms with van der Waals surface area (Å²) in [6.45, 7) is 3.94. The van der Waals surface area contributed by atoms with Crippen LogP contribution in [0, 0.1) is 4.77 Å². The Morgan fingerprint density at radius 1 is 1.18 bits per heavy atom. The third-order valence-corrected chi connectivity index (χ3v) is 6.18. The number of aryl methyl sites for hydroxylation is 1. The minimum atomic E-state index is -0.757. The van der Waals surface area contributed by atoms with Gasteiger partial charge in [-0.1, -0.05) is 31.2 Å². The Hall–Kier alpha value is -3.64. The smallest absolute Gasteiger partial charge is 0.287 e. The van der Waals surface area contributed by atoms with Gasteiger partial charge in [0, 0.05) is 11.9 Å². The van der Waals surface area contributed by atoms with E-state index in [2.05, 4.69) is 26.1 Å². The zero-order chi connectivity index (χ0) is 23.5. The van der Waals surface area contributed by atoms with Crippen molar-refractivity contribution in [1.29, 1.82) is 0 Å². The van der Waals surface area contributed by atoms with Crippen LogP contribution >= 0.6 is 23.6 Å². The highest BCUT2D eigenvalue weighted by molar-refractivity contribution is 7.71. The summed E-state index contributed by atoms with van der Waals surface area (Å²) >= 11 is 6.77. The van der Waals surface area contributed by atoms with Crippen molar-refractivity contribution in [3.05, 3.63) is 62.6 Å². The summed E-state index contributed by atoms with van der Waals surface area (Å²) in [5.41, 5.74) is 4.61. The molecule has 1 aromatic carbocycles. The SMILES string of the molecule is CCCn1nc(C(=O)NNC(=O)C(C)n2c(-c3cccs3)n[nH]c2=S)c2ccccc2c1=O. The number of aromatic nitrogens is 5. The molecule has 3 heterocycles. The molecule has 0 radical (unpaired) electrons. The van der Waals surface area contributed by atoms with Gasteiger partial charge >= 0.3 is 0 Å². The highest BCUT2D eigenvalue weighted by Crippen LogP contribution is 2.25. The minimum Gasteiger partial charge on any atom is -0.287 e. The molecule has 0 fully saturated rings. The lowest BCUT2D eigenvalue weighted by Gasteiger charge is -2.16. The second-order valence-electron chi connectivity index (χ2n) is 7.24.